The van der Waals surface area contributed by atoms with E-state index in [1.54, 1.807) is 0 Å². The van der Waals surface area contributed by atoms with Crippen LogP contribution in [0.3, 0.4) is 0 Å². The third kappa shape index (κ3) is 2.11. The zero-order valence-electron chi connectivity index (χ0n) is 10.3. The van der Waals surface area contributed by atoms with Crippen LogP contribution in [0.25, 0.3) is 0 Å². The van der Waals surface area contributed by atoms with Crippen molar-refractivity contribution in [3.8, 4) is 5.75 Å². The average molecular weight is 288 g/mol. The standard InChI is InChI=1S/C12H11F3N2O3/c1-7-6-11(20,12(13,14)15)17(16-7)10(19)8-4-2-3-5-9(8)18/h2-5,18,20H,6H2,1H3/t11-/m0/s1. The number of hydrogen-bond donors (Lipinski definition) is 2. The van der Waals surface area contributed by atoms with Gasteiger partial charge in [-0.3, -0.25) is 4.79 Å². The summed E-state index contributed by atoms with van der Waals surface area (Å²) in [7, 11) is 0. The van der Waals surface area contributed by atoms with E-state index in [0.29, 0.717) is 0 Å². The van der Waals surface area contributed by atoms with Crippen LogP contribution in [0.2, 0.25) is 0 Å². The summed E-state index contributed by atoms with van der Waals surface area (Å²) in [5, 5.41) is 22.7. The average Bonchev–Trinajstić information content (AvgIpc) is 2.65. The van der Waals surface area contributed by atoms with Crippen molar-refractivity contribution in [2.45, 2.75) is 25.2 Å². The smallest absolute Gasteiger partial charge is 0.438 e. The molecule has 8 heteroatoms. The molecule has 1 amide bonds. The maximum absolute atomic E-state index is 13.0. The second kappa shape index (κ2) is 4.48. The molecule has 0 unspecified atom stereocenters. The Morgan fingerprint density at radius 1 is 1.40 bits per heavy atom. The summed E-state index contributed by atoms with van der Waals surface area (Å²) < 4.78 is 38.9. The molecule has 1 heterocycles. The predicted octanol–water partition coefficient (Wildman–Crippen LogP) is 1.86. The third-order valence-electron chi connectivity index (χ3n) is 2.90. The van der Waals surface area contributed by atoms with Crippen molar-refractivity contribution in [3.63, 3.8) is 0 Å². The molecule has 20 heavy (non-hydrogen) atoms. The van der Waals surface area contributed by atoms with E-state index >= 15 is 0 Å². The minimum absolute atomic E-state index is 0.0304. The number of carbonyl (C=O) groups is 1. The lowest BCUT2D eigenvalue weighted by Crippen LogP contribution is -2.56. The van der Waals surface area contributed by atoms with Crippen LogP contribution in [-0.4, -0.2) is 38.7 Å². The van der Waals surface area contributed by atoms with Crippen LogP contribution in [0.1, 0.15) is 23.7 Å². The van der Waals surface area contributed by atoms with Gasteiger partial charge >= 0.3 is 6.18 Å². The zero-order chi connectivity index (χ0) is 15.1. The molecule has 0 aromatic heterocycles. The summed E-state index contributed by atoms with van der Waals surface area (Å²) in [4.78, 5) is 12.1. The summed E-state index contributed by atoms with van der Waals surface area (Å²) in [6.07, 6.45) is -5.88. The number of phenols is 1. The molecule has 1 aromatic carbocycles. The van der Waals surface area contributed by atoms with E-state index in [1.807, 2.05) is 0 Å². The number of nitrogens with zero attached hydrogens (tertiary/aromatic N) is 2. The highest BCUT2D eigenvalue weighted by Crippen LogP contribution is 2.41. The van der Waals surface area contributed by atoms with Gasteiger partial charge in [0.2, 0.25) is 0 Å². The second-order valence-corrected chi connectivity index (χ2v) is 4.46. The molecule has 0 spiro atoms. The fourth-order valence-corrected chi connectivity index (χ4v) is 1.92. The minimum atomic E-state index is -5.06. The number of aromatic hydroxyl groups is 1. The van der Waals surface area contributed by atoms with E-state index in [1.165, 1.54) is 19.1 Å². The first kappa shape index (κ1) is 14.3. The molecule has 2 rings (SSSR count). The first-order valence-electron chi connectivity index (χ1n) is 5.62. The maximum Gasteiger partial charge on any atom is 0.438 e. The van der Waals surface area contributed by atoms with E-state index in [-0.39, 0.29) is 16.3 Å². The Bertz CT molecular complexity index is 586. The SMILES string of the molecule is CC1=NN(C(=O)c2ccccc2O)[C@@](O)(C(F)(F)F)C1. The van der Waals surface area contributed by atoms with Gasteiger partial charge in [0.05, 0.1) is 5.56 Å². The molecule has 0 saturated heterocycles. The number of rotatable bonds is 1. The van der Waals surface area contributed by atoms with Crippen molar-refractivity contribution in [3.05, 3.63) is 29.8 Å². The largest absolute Gasteiger partial charge is 0.507 e. The van der Waals surface area contributed by atoms with Crippen molar-refractivity contribution in [2.24, 2.45) is 5.10 Å². The quantitative estimate of drug-likeness (QED) is 0.828. The Hall–Kier alpha value is -2.09. The van der Waals surface area contributed by atoms with Crippen LogP contribution in [0.15, 0.2) is 29.4 Å². The Morgan fingerprint density at radius 2 is 2.00 bits per heavy atom. The first-order valence-corrected chi connectivity index (χ1v) is 5.62. The van der Waals surface area contributed by atoms with Gasteiger partial charge in [-0.15, -0.1) is 0 Å². The van der Waals surface area contributed by atoms with Crippen molar-refractivity contribution in [1.82, 2.24) is 5.01 Å². The number of benzene rings is 1. The van der Waals surface area contributed by atoms with Crippen molar-refractivity contribution in [2.75, 3.05) is 0 Å². The highest BCUT2D eigenvalue weighted by Gasteiger charge is 2.62. The molecule has 0 aliphatic carbocycles. The van der Waals surface area contributed by atoms with Crippen LogP contribution < -0.4 is 0 Å². The Labute approximate surface area is 111 Å². The maximum atomic E-state index is 13.0. The molecule has 5 nitrogen and oxygen atoms in total. The fourth-order valence-electron chi connectivity index (χ4n) is 1.92. The summed E-state index contributed by atoms with van der Waals surface area (Å²) in [6, 6.07) is 5.11. The molecule has 1 aromatic rings. The third-order valence-corrected chi connectivity index (χ3v) is 2.90. The van der Waals surface area contributed by atoms with Gasteiger partial charge < -0.3 is 10.2 Å². The van der Waals surface area contributed by atoms with Gasteiger partial charge in [0.25, 0.3) is 11.6 Å². The van der Waals surface area contributed by atoms with Gasteiger partial charge in [-0.1, -0.05) is 12.1 Å². The van der Waals surface area contributed by atoms with Crippen molar-refractivity contribution >= 4 is 11.6 Å². The van der Waals surface area contributed by atoms with Crippen molar-refractivity contribution < 1.29 is 28.2 Å². The molecule has 0 saturated carbocycles. The van der Waals surface area contributed by atoms with E-state index < -0.39 is 30.0 Å². The van der Waals surface area contributed by atoms with Gasteiger partial charge in [0.15, 0.2) is 0 Å². The van der Waals surface area contributed by atoms with Gasteiger partial charge in [-0.2, -0.15) is 23.3 Å². The summed E-state index contributed by atoms with van der Waals surface area (Å²) in [5.41, 5.74) is -3.79. The summed E-state index contributed by atoms with van der Waals surface area (Å²) in [6.45, 7) is 1.27. The number of carbonyl (C=O) groups excluding carboxylic acids is 1. The summed E-state index contributed by atoms with van der Waals surface area (Å²) in [5.74, 6) is -1.71. The molecule has 2 N–H and O–H groups in total. The number of amides is 1. The van der Waals surface area contributed by atoms with E-state index in [9.17, 15) is 28.2 Å². The molecular formula is C12H11F3N2O3. The van der Waals surface area contributed by atoms with E-state index in [0.717, 1.165) is 12.1 Å². The van der Waals surface area contributed by atoms with Gasteiger partial charge in [0, 0.05) is 12.1 Å². The number of phenolic OH excluding ortho intramolecular Hbond substituents is 1. The lowest BCUT2D eigenvalue weighted by Gasteiger charge is -2.32. The van der Waals surface area contributed by atoms with Crippen LogP contribution in [-0.2, 0) is 0 Å². The first-order chi connectivity index (χ1) is 9.17. The van der Waals surface area contributed by atoms with Crippen molar-refractivity contribution in [1.29, 1.82) is 0 Å². The lowest BCUT2D eigenvalue weighted by molar-refractivity contribution is -0.297. The fraction of sp³-hybridized carbons (Fsp3) is 0.333. The van der Waals surface area contributed by atoms with Gasteiger partial charge in [0.1, 0.15) is 5.75 Å². The number of halogens is 3. The Balaban J connectivity index is 2.45. The molecule has 1 atom stereocenters. The lowest BCUT2D eigenvalue weighted by atomic mass is 10.1. The molecule has 1 aliphatic rings. The number of hydrogen-bond acceptors (Lipinski definition) is 4. The Kier molecular flexibility index (Phi) is 3.21. The van der Waals surface area contributed by atoms with Gasteiger partial charge in [-0.25, -0.2) is 0 Å². The highest BCUT2D eigenvalue weighted by molar-refractivity contribution is 5.99. The zero-order valence-corrected chi connectivity index (χ0v) is 10.3. The normalized spacial score (nSPS) is 22.9. The van der Waals surface area contributed by atoms with Gasteiger partial charge in [-0.05, 0) is 19.1 Å². The minimum Gasteiger partial charge on any atom is -0.507 e. The highest BCUT2D eigenvalue weighted by atomic mass is 19.4. The second-order valence-electron chi connectivity index (χ2n) is 4.46. The van der Waals surface area contributed by atoms with Crippen LogP contribution in [0.5, 0.6) is 5.75 Å². The molecule has 0 fully saturated rings. The molecule has 108 valence electrons. The van der Waals surface area contributed by atoms with E-state index in [4.69, 9.17) is 0 Å². The number of para-hydroxylation sites is 1. The topological polar surface area (TPSA) is 73.1 Å². The number of alkyl halides is 3. The number of hydrazone groups is 1. The summed E-state index contributed by atoms with van der Waals surface area (Å²) >= 11 is 0. The molecule has 0 radical (unpaired) electrons. The van der Waals surface area contributed by atoms with Crippen LogP contribution in [0.4, 0.5) is 13.2 Å². The molecule has 0 bridgehead atoms. The predicted molar refractivity (Wildman–Crippen MR) is 63.0 cm³/mol. The van der Waals surface area contributed by atoms with E-state index in [2.05, 4.69) is 5.10 Å². The monoisotopic (exact) mass is 288 g/mol. The molecular weight excluding hydrogens is 277 g/mol. The Morgan fingerprint density at radius 3 is 2.55 bits per heavy atom. The number of aliphatic hydroxyl groups is 1. The van der Waals surface area contributed by atoms with Crippen LogP contribution in [0, 0.1) is 0 Å². The van der Waals surface area contributed by atoms with Crippen LogP contribution >= 0.6 is 0 Å². The molecule has 1 aliphatic heterocycles.